The van der Waals surface area contributed by atoms with Crippen LogP contribution in [-0.2, 0) is 6.18 Å². The number of rotatable bonds is 11. The zero-order valence-electron chi connectivity index (χ0n) is 18.5. The maximum absolute atomic E-state index is 13.1. The number of aromatic nitrogens is 2. The fourth-order valence-electron chi connectivity index (χ4n) is 3.32. The Balaban J connectivity index is 2.20. The molecule has 8 heteroatoms. The van der Waals surface area contributed by atoms with Gasteiger partial charge in [0.1, 0.15) is 11.5 Å². The lowest BCUT2D eigenvalue weighted by atomic mass is 9.96. The number of imidazole rings is 1. The molecule has 2 rings (SSSR count). The van der Waals surface area contributed by atoms with Crippen LogP contribution in [0, 0.1) is 0 Å². The SMILES string of the molecule is C=C(/C=C\N)C(=N/C=C\C)C(=C)CCC(CCC)Nc1cccc2nc(C(F)(F)F)cn12. The molecule has 0 aliphatic heterocycles. The van der Waals surface area contributed by atoms with Crippen LogP contribution in [0.4, 0.5) is 19.0 Å². The maximum atomic E-state index is 13.1. The molecule has 0 aliphatic carbocycles. The van der Waals surface area contributed by atoms with Crippen molar-refractivity contribution >= 4 is 17.2 Å². The van der Waals surface area contributed by atoms with Crippen LogP contribution < -0.4 is 11.1 Å². The molecule has 2 aromatic heterocycles. The van der Waals surface area contributed by atoms with Crippen molar-refractivity contribution in [2.45, 2.75) is 51.7 Å². The Morgan fingerprint density at radius 3 is 2.69 bits per heavy atom. The van der Waals surface area contributed by atoms with Crippen molar-refractivity contribution in [1.82, 2.24) is 9.38 Å². The summed E-state index contributed by atoms with van der Waals surface area (Å²) in [7, 11) is 0. The highest BCUT2D eigenvalue weighted by Gasteiger charge is 2.34. The number of anilines is 1. The molecule has 0 saturated heterocycles. The van der Waals surface area contributed by atoms with E-state index >= 15 is 0 Å². The molecule has 0 aliphatic rings. The molecule has 0 amide bonds. The van der Waals surface area contributed by atoms with Crippen molar-refractivity contribution in [1.29, 1.82) is 0 Å². The average molecular weight is 446 g/mol. The third kappa shape index (κ3) is 6.60. The fraction of sp³-hybridized carbons (Fsp3) is 0.333. The predicted octanol–water partition coefficient (Wildman–Crippen LogP) is 6.27. The van der Waals surface area contributed by atoms with Gasteiger partial charge in [0.05, 0.1) is 5.71 Å². The summed E-state index contributed by atoms with van der Waals surface area (Å²) in [5.74, 6) is 0.563. The molecule has 3 N–H and O–H groups in total. The number of alkyl halides is 3. The molecule has 0 saturated carbocycles. The Kier molecular flexibility index (Phi) is 8.87. The third-order valence-electron chi connectivity index (χ3n) is 4.86. The summed E-state index contributed by atoms with van der Waals surface area (Å²) in [6.07, 6.45) is 6.21. The number of fused-ring (bicyclic) bond motifs is 1. The minimum Gasteiger partial charge on any atom is -0.405 e. The number of hydrogen-bond donors (Lipinski definition) is 2. The van der Waals surface area contributed by atoms with Crippen LogP contribution >= 0.6 is 0 Å². The Morgan fingerprint density at radius 2 is 2.06 bits per heavy atom. The minimum absolute atomic E-state index is 0.0281. The molecule has 0 fully saturated rings. The standard InChI is InChI=1S/C24H30F3N5/c1-5-8-19(12-11-17(3)23(29-15-6-2)18(4)13-14-28)30-21-9-7-10-22-31-20(16-32(21)22)24(25,26)27/h6-7,9-10,13-16,19,30H,3-5,8,11-12,28H2,1-2H3/b14-13-,15-6-,29-23?. The lowest BCUT2D eigenvalue weighted by Gasteiger charge is -2.21. The number of nitrogens with two attached hydrogens (primary N) is 1. The third-order valence-corrected chi connectivity index (χ3v) is 4.86. The van der Waals surface area contributed by atoms with Gasteiger partial charge in [-0.1, -0.05) is 38.6 Å². The molecule has 2 heterocycles. The lowest BCUT2D eigenvalue weighted by molar-refractivity contribution is -0.140. The topological polar surface area (TPSA) is 67.7 Å². The second kappa shape index (κ2) is 11.4. The van der Waals surface area contributed by atoms with E-state index in [4.69, 9.17) is 5.73 Å². The number of nitrogens with zero attached hydrogens (tertiary/aromatic N) is 3. The molecular weight excluding hydrogens is 415 g/mol. The van der Waals surface area contributed by atoms with Crippen molar-refractivity contribution in [2.75, 3.05) is 5.32 Å². The predicted molar refractivity (Wildman–Crippen MR) is 126 cm³/mol. The van der Waals surface area contributed by atoms with E-state index in [1.807, 2.05) is 13.0 Å². The van der Waals surface area contributed by atoms with E-state index in [2.05, 4.69) is 35.4 Å². The van der Waals surface area contributed by atoms with Gasteiger partial charge in [0.15, 0.2) is 5.69 Å². The van der Waals surface area contributed by atoms with E-state index in [0.717, 1.165) is 31.0 Å². The maximum Gasteiger partial charge on any atom is 0.434 e. The number of aliphatic imine (C=N–C) groups is 1. The van der Waals surface area contributed by atoms with Gasteiger partial charge in [0, 0.05) is 18.4 Å². The first-order chi connectivity index (χ1) is 15.2. The second-order valence-corrected chi connectivity index (χ2v) is 7.38. The summed E-state index contributed by atoms with van der Waals surface area (Å²) in [6.45, 7) is 12.1. The molecule has 0 aromatic carbocycles. The number of nitrogens with one attached hydrogen (secondary N) is 1. The van der Waals surface area contributed by atoms with Crippen molar-refractivity contribution in [3.63, 3.8) is 0 Å². The number of halogens is 3. The Hall–Kier alpha value is -3.29. The minimum atomic E-state index is -4.49. The Morgan fingerprint density at radius 1 is 1.31 bits per heavy atom. The van der Waals surface area contributed by atoms with Crippen LogP contribution in [0.2, 0.25) is 0 Å². The summed E-state index contributed by atoms with van der Waals surface area (Å²) in [5, 5.41) is 3.38. The molecule has 0 bridgehead atoms. The average Bonchev–Trinajstić information content (AvgIpc) is 3.18. The van der Waals surface area contributed by atoms with Crippen LogP contribution in [0.3, 0.4) is 0 Å². The monoisotopic (exact) mass is 445 g/mol. The number of allylic oxidation sites excluding steroid dienone is 4. The highest BCUT2D eigenvalue weighted by Crippen LogP contribution is 2.30. The zero-order chi connectivity index (χ0) is 23.7. The van der Waals surface area contributed by atoms with Crippen molar-refractivity contribution in [3.8, 4) is 0 Å². The van der Waals surface area contributed by atoms with Gasteiger partial charge in [-0.3, -0.25) is 9.39 Å². The van der Waals surface area contributed by atoms with Gasteiger partial charge in [-0.2, -0.15) is 13.2 Å². The summed E-state index contributed by atoms with van der Waals surface area (Å²) in [4.78, 5) is 8.12. The highest BCUT2D eigenvalue weighted by molar-refractivity contribution is 6.13. The second-order valence-electron chi connectivity index (χ2n) is 7.38. The van der Waals surface area contributed by atoms with Gasteiger partial charge >= 0.3 is 6.18 Å². The van der Waals surface area contributed by atoms with Gasteiger partial charge in [-0.25, -0.2) is 4.98 Å². The van der Waals surface area contributed by atoms with E-state index in [-0.39, 0.29) is 11.7 Å². The van der Waals surface area contributed by atoms with Crippen molar-refractivity contribution in [3.05, 3.63) is 78.9 Å². The summed E-state index contributed by atoms with van der Waals surface area (Å²) in [5.41, 5.74) is 6.97. The number of pyridine rings is 1. The van der Waals surface area contributed by atoms with E-state index in [1.165, 1.54) is 10.6 Å². The van der Waals surface area contributed by atoms with Crippen molar-refractivity contribution in [2.24, 2.45) is 10.7 Å². The van der Waals surface area contributed by atoms with Crippen LogP contribution in [0.5, 0.6) is 0 Å². The fourth-order valence-corrected chi connectivity index (χ4v) is 3.32. The molecule has 1 unspecified atom stereocenters. The molecule has 172 valence electrons. The highest BCUT2D eigenvalue weighted by atomic mass is 19.4. The molecule has 0 spiro atoms. The van der Waals surface area contributed by atoms with Gasteiger partial charge in [0.2, 0.25) is 0 Å². The Bertz CT molecular complexity index is 1030. The molecule has 0 radical (unpaired) electrons. The van der Waals surface area contributed by atoms with Crippen LogP contribution in [0.15, 0.2) is 78.2 Å². The van der Waals surface area contributed by atoms with Gasteiger partial charge in [-0.05, 0) is 61.7 Å². The molecule has 1 atom stereocenters. The van der Waals surface area contributed by atoms with Gasteiger partial charge in [-0.15, -0.1) is 0 Å². The van der Waals surface area contributed by atoms with Gasteiger partial charge in [0.25, 0.3) is 0 Å². The summed E-state index contributed by atoms with van der Waals surface area (Å²) >= 11 is 0. The first-order valence-corrected chi connectivity index (χ1v) is 10.5. The van der Waals surface area contributed by atoms with Crippen LogP contribution in [0.25, 0.3) is 5.65 Å². The van der Waals surface area contributed by atoms with E-state index in [9.17, 15) is 13.2 Å². The summed E-state index contributed by atoms with van der Waals surface area (Å²) in [6, 6.07) is 5.02. The largest absolute Gasteiger partial charge is 0.434 e. The van der Waals surface area contributed by atoms with Crippen molar-refractivity contribution < 1.29 is 13.2 Å². The summed E-state index contributed by atoms with van der Waals surface area (Å²) < 4.78 is 40.7. The normalized spacial score (nSPS) is 13.8. The Labute approximate surface area is 186 Å². The van der Waals surface area contributed by atoms with Crippen LogP contribution in [-0.4, -0.2) is 21.1 Å². The molecule has 5 nitrogen and oxygen atoms in total. The first-order valence-electron chi connectivity index (χ1n) is 10.5. The number of hydrogen-bond acceptors (Lipinski definition) is 4. The zero-order valence-corrected chi connectivity index (χ0v) is 18.5. The van der Waals surface area contributed by atoms with E-state index in [0.29, 0.717) is 23.5 Å². The van der Waals surface area contributed by atoms with Gasteiger partial charge < -0.3 is 11.1 Å². The van der Waals surface area contributed by atoms with E-state index in [1.54, 1.807) is 30.5 Å². The quantitative estimate of drug-likeness (QED) is 0.316. The lowest BCUT2D eigenvalue weighted by Crippen LogP contribution is -2.21. The molecule has 32 heavy (non-hydrogen) atoms. The molecule has 2 aromatic rings. The smallest absolute Gasteiger partial charge is 0.405 e. The van der Waals surface area contributed by atoms with E-state index < -0.39 is 11.9 Å². The first kappa shape index (κ1) is 25.0. The van der Waals surface area contributed by atoms with Crippen LogP contribution in [0.1, 0.15) is 45.2 Å². The molecular formula is C24H30F3N5.